The number of nitrogens with zero attached hydrogens (tertiary/aromatic N) is 2. The highest BCUT2D eigenvalue weighted by atomic mass is 127. The third kappa shape index (κ3) is 4.72. The van der Waals surface area contributed by atoms with Gasteiger partial charge in [-0.3, -0.25) is 14.4 Å². The van der Waals surface area contributed by atoms with Crippen LogP contribution in [-0.2, 0) is 16.0 Å². The van der Waals surface area contributed by atoms with Crippen molar-refractivity contribution in [2.45, 2.75) is 18.9 Å². The highest BCUT2D eigenvalue weighted by Gasteiger charge is 2.44. The Labute approximate surface area is 199 Å². The summed E-state index contributed by atoms with van der Waals surface area (Å²) in [6.07, 6.45) is 0.432. The van der Waals surface area contributed by atoms with E-state index in [2.05, 4.69) is 22.6 Å². The molecule has 0 saturated carbocycles. The van der Waals surface area contributed by atoms with Gasteiger partial charge in [0.25, 0.3) is 11.8 Å². The topological polar surface area (TPSA) is 57.7 Å². The van der Waals surface area contributed by atoms with E-state index in [-0.39, 0.29) is 24.4 Å². The summed E-state index contributed by atoms with van der Waals surface area (Å²) in [5.41, 5.74) is 1.77. The number of benzene rings is 3. The molecule has 1 atom stereocenters. The lowest BCUT2D eigenvalue weighted by atomic mass is 10.1. The minimum absolute atomic E-state index is 0.0907. The maximum atomic E-state index is 13.4. The Morgan fingerprint density at radius 2 is 1.62 bits per heavy atom. The number of rotatable bonds is 6. The number of hydrogen-bond donors (Lipinski definition) is 0. The number of carbonyl (C=O) groups is 3. The van der Waals surface area contributed by atoms with Gasteiger partial charge in [-0.1, -0.05) is 30.3 Å². The normalized spacial score (nSPS) is 15.8. The molecule has 3 aromatic carbocycles. The lowest BCUT2D eigenvalue weighted by Gasteiger charge is -2.28. The maximum Gasteiger partial charge on any atom is 0.257 e. The van der Waals surface area contributed by atoms with Crippen LogP contribution in [0.25, 0.3) is 0 Å². The SMILES string of the molecule is O=C1CC(N(CCc2ccccc2)C(=O)c2ccc(F)cc2)C(=O)N1c1ccc(I)cc1. The molecule has 0 radical (unpaired) electrons. The second kappa shape index (κ2) is 9.60. The molecule has 3 amide bonds. The van der Waals surface area contributed by atoms with E-state index in [1.54, 1.807) is 12.1 Å². The molecule has 0 spiro atoms. The van der Waals surface area contributed by atoms with Crippen molar-refractivity contribution < 1.29 is 18.8 Å². The molecule has 0 aliphatic carbocycles. The highest BCUT2D eigenvalue weighted by Crippen LogP contribution is 2.27. The second-order valence-electron chi connectivity index (χ2n) is 7.50. The zero-order valence-corrected chi connectivity index (χ0v) is 19.2. The molecule has 3 aromatic rings. The number of imide groups is 1. The molecule has 5 nitrogen and oxygen atoms in total. The molecule has 1 heterocycles. The third-order valence-corrected chi connectivity index (χ3v) is 6.14. The molecule has 162 valence electrons. The first kappa shape index (κ1) is 22.1. The van der Waals surface area contributed by atoms with E-state index in [1.807, 2.05) is 42.5 Å². The Morgan fingerprint density at radius 1 is 0.969 bits per heavy atom. The van der Waals surface area contributed by atoms with E-state index in [4.69, 9.17) is 0 Å². The molecule has 1 aliphatic rings. The monoisotopic (exact) mass is 542 g/mol. The van der Waals surface area contributed by atoms with Crippen LogP contribution in [0.3, 0.4) is 0 Å². The molecule has 1 fully saturated rings. The molecule has 4 rings (SSSR count). The largest absolute Gasteiger partial charge is 0.326 e. The Kier molecular flexibility index (Phi) is 6.64. The Hall–Kier alpha value is -3.07. The number of amides is 3. The summed E-state index contributed by atoms with van der Waals surface area (Å²) in [5.74, 6) is -1.64. The van der Waals surface area contributed by atoms with Gasteiger partial charge in [-0.25, -0.2) is 9.29 Å². The van der Waals surface area contributed by atoms with E-state index in [1.165, 1.54) is 29.2 Å². The van der Waals surface area contributed by atoms with Gasteiger partial charge >= 0.3 is 0 Å². The molecule has 32 heavy (non-hydrogen) atoms. The first-order valence-corrected chi connectivity index (χ1v) is 11.2. The van der Waals surface area contributed by atoms with Crippen molar-refractivity contribution in [2.24, 2.45) is 0 Å². The summed E-state index contributed by atoms with van der Waals surface area (Å²) in [4.78, 5) is 42.0. The number of anilines is 1. The van der Waals surface area contributed by atoms with Crippen LogP contribution in [0.2, 0.25) is 0 Å². The molecule has 1 unspecified atom stereocenters. The Bertz CT molecular complexity index is 1130. The van der Waals surface area contributed by atoms with Gasteiger partial charge in [-0.05, 0) is 83.1 Å². The molecular weight excluding hydrogens is 522 g/mol. The fraction of sp³-hybridized carbons (Fsp3) is 0.160. The van der Waals surface area contributed by atoms with Crippen LogP contribution >= 0.6 is 22.6 Å². The number of carbonyl (C=O) groups excluding carboxylic acids is 3. The van der Waals surface area contributed by atoms with Crippen LogP contribution < -0.4 is 4.90 Å². The number of halogens is 2. The first-order chi connectivity index (χ1) is 15.4. The van der Waals surface area contributed by atoms with Crippen molar-refractivity contribution in [3.05, 3.63) is 99.4 Å². The minimum atomic E-state index is -0.914. The van der Waals surface area contributed by atoms with E-state index in [0.717, 1.165) is 14.0 Å². The van der Waals surface area contributed by atoms with Crippen molar-refractivity contribution in [1.29, 1.82) is 0 Å². The van der Waals surface area contributed by atoms with Crippen LogP contribution in [0.4, 0.5) is 10.1 Å². The van der Waals surface area contributed by atoms with E-state index in [0.29, 0.717) is 12.1 Å². The van der Waals surface area contributed by atoms with Crippen molar-refractivity contribution in [1.82, 2.24) is 4.90 Å². The van der Waals surface area contributed by atoms with Gasteiger partial charge in [0.2, 0.25) is 5.91 Å². The summed E-state index contributed by atoms with van der Waals surface area (Å²) in [5, 5.41) is 0. The van der Waals surface area contributed by atoms with Crippen molar-refractivity contribution in [3.63, 3.8) is 0 Å². The molecule has 0 aromatic heterocycles. The Morgan fingerprint density at radius 3 is 2.28 bits per heavy atom. The van der Waals surface area contributed by atoms with Gasteiger partial charge in [0.15, 0.2) is 0 Å². The predicted molar refractivity (Wildman–Crippen MR) is 128 cm³/mol. The molecule has 1 aliphatic heterocycles. The Balaban J connectivity index is 1.63. The fourth-order valence-electron chi connectivity index (χ4n) is 3.77. The van der Waals surface area contributed by atoms with E-state index in [9.17, 15) is 18.8 Å². The van der Waals surface area contributed by atoms with Gasteiger partial charge in [0.1, 0.15) is 11.9 Å². The lowest BCUT2D eigenvalue weighted by molar-refractivity contribution is -0.122. The van der Waals surface area contributed by atoms with Crippen molar-refractivity contribution in [2.75, 3.05) is 11.4 Å². The highest BCUT2D eigenvalue weighted by molar-refractivity contribution is 14.1. The molecule has 1 saturated heterocycles. The predicted octanol–water partition coefficient (Wildman–Crippen LogP) is 4.45. The molecule has 7 heteroatoms. The molecule has 0 N–H and O–H groups in total. The fourth-order valence-corrected chi connectivity index (χ4v) is 4.13. The van der Waals surface area contributed by atoms with Gasteiger partial charge in [-0.15, -0.1) is 0 Å². The van der Waals surface area contributed by atoms with E-state index < -0.39 is 23.7 Å². The van der Waals surface area contributed by atoms with Gasteiger partial charge in [0, 0.05) is 15.7 Å². The van der Waals surface area contributed by atoms with Crippen LogP contribution in [-0.4, -0.2) is 35.2 Å². The number of hydrogen-bond acceptors (Lipinski definition) is 3. The summed E-state index contributed by atoms with van der Waals surface area (Å²) in [6, 6.07) is 21.0. The smallest absolute Gasteiger partial charge is 0.257 e. The van der Waals surface area contributed by atoms with Crippen molar-refractivity contribution >= 4 is 46.0 Å². The maximum absolute atomic E-state index is 13.4. The standard InChI is InChI=1S/C25H20FIN2O3/c26-19-8-6-18(7-9-19)24(31)28(15-14-17-4-2-1-3-5-17)22-16-23(30)29(25(22)32)21-12-10-20(27)11-13-21/h1-13,22H,14-16H2. The van der Waals surface area contributed by atoms with Crippen LogP contribution in [0, 0.1) is 9.39 Å². The van der Waals surface area contributed by atoms with Crippen LogP contribution in [0.5, 0.6) is 0 Å². The molecular formula is C25H20FIN2O3. The summed E-state index contributed by atoms with van der Waals surface area (Å²) in [6.45, 7) is 0.254. The van der Waals surface area contributed by atoms with Crippen LogP contribution in [0.1, 0.15) is 22.3 Å². The van der Waals surface area contributed by atoms with E-state index >= 15 is 0 Å². The first-order valence-electron chi connectivity index (χ1n) is 10.2. The van der Waals surface area contributed by atoms with Gasteiger partial charge < -0.3 is 4.90 Å². The average molecular weight is 542 g/mol. The third-order valence-electron chi connectivity index (χ3n) is 5.42. The summed E-state index contributed by atoms with van der Waals surface area (Å²) in [7, 11) is 0. The van der Waals surface area contributed by atoms with Crippen molar-refractivity contribution in [3.8, 4) is 0 Å². The minimum Gasteiger partial charge on any atom is -0.326 e. The summed E-state index contributed by atoms with van der Waals surface area (Å²) >= 11 is 2.15. The lowest BCUT2D eigenvalue weighted by Crippen LogP contribution is -2.46. The second-order valence-corrected chi connectivity index (χ2v) is 8.75. The molecule has 0 bridgehead atoms. The quantitative estimate of drug-likeness (QED) is 0.342. The van der Waals surface area contributed by atoms with Gasteiger partial charge in [0.05, 0.1) is 12.1 Å². The zero-order valence-electron chi connectivity index (χ0n) is 17.1. The van der Waals surface area contributed by atoms with Crippen LogP contribution in [0.15, 0.2) is 78.9 Å². The summed E-state index contributed by atoms with van der Waals surface area (Å²) < 4.78 is 14.4. The zero-order chi connectivity index (χ0) is 22.7. The average Bonchev–Trinajstić information content (AvgIpc) is 3.09. The van der Waals surface area contributed by atoms with Gasteiger partial charge in [-0.2, -0.15) is 0 Å².